The van der Waals surface area contributed by atoms with E-state index in [4.69, 9.17) is 10.5 Å². The van der Waals surface area contributed by atoms with Crippen LogP contribution in [-0.2, 0) is 0 Å². The van der Waals surface area contributed by atoms with Crippen molar-refractivity contribution in [2.45, 2.75) is 0 Å². The molecular formula is C6H6N2O2. The molecule has 0 aliphatic rings. The molecule has 1 heterocycles. The normalized spacial score (nSPS) is 9.20. The van der Waals surface area contributed by atoms with Gasteiger partial charge in [0.2, 0.25) is 0 Å². The molecule has 0 unspecified atom stereocenters. The lowest BCUT2D eigenvalue weighted by molar-refractivity contribution is 0.0697. The van der Waals surface area contributed by atoms with Gasteiger partial charge in [-0.25, -0.2) is 4.79 Å². The van der Waals surface area contributed by atoms with Crippen LogP contribution >= 0.6 is 0 Å². The lowest BCUT2D eigenvalue weighted by Gasteiger charge is -1.87. The van der Waals surface area contributed by atoms with Gasteiger partial charge in [-0.15, -0.1) is 0 Å². The fourth-order valence-electron chi connectivity index (χ4n) is 0.688. The Bertz CT molecular complexity index is 264. The highest BCUT2D eigenvalue weighted by molar-refractivity contribution is 5.96. The number of rotatable bonds is 2. The summed E-state index contributed by atoms with van der Waals surface area (Å²) in [5.41, 5.74) is 0.461. The van der Waals surface area contributed by atoms with Crippen molar-refractivity contribution < 1.29 is 9.90 Å². The summed E-state index contributed by atoms with van der Waals surface area (Å²) in [5.74, 6) is -1.01. The summed E-state index contributed by atoms with van der Waals surface area (Å²) >= 11 is 0. The quantitative estimate of drug-likeness (QED) is 0.526. The van der Waals surface area contributed by atoms with Gasteiger partial charge in [0, 0.05) is 12.4 Å². The van der Waals surface area contributed by atoms with Gasteiger partial charge in [0.05, 0.1) is 11.3 Å². The van der Waals surface area contributed by atoms with E-state index in [0.29, 0.717) is 5.69 Å². The van der Waals surface area contributed by atoms with Crippen LogP contribution in [-0.4, -0.2) is 22.3 Å². The SMILES string of the molecule is N=Cc1[nH]ccc1C(=O)O. The third-order valence-corrected chi connectivity index (χ3v) is 1.15. The molecule has 4 nitrogen and oxygen atoms in total. The van der Waals surface area contributed by atoms with Crippen LogP contribution in [0.2, 0.25) is 0 Å². The van der Waals surface area contributed by atoms with E-state index >= 15 is 0 Å². The summed E-state index contributed by atoms with van der Waals surface area (Å²) in [5, 5.41) is 15.2. The number of carbonyl (C=O) groups is 1. The van der Waals surface area contributed by atoms with Gasteiger partial charge in [-0.2, -0.15) is 0 Å². The van der Waals surface area contributed by atoms with Gasteiger partial charge >= 0.3 is 5.97 Å². The summed E-state index contributed by atoms with van der Waals surface area (Å²) in [6.45, 7) is 0. The standard InChI is InChI=1S/C6H6N2O2/c7-3-5-4(6(9)10)1-2-8-5/h1-3,7-8H,(H,9,10). The summed E-state index contributed by atoms with van der Waals surface area (Å²) in [4.78, 5) is 12.9. The summed E-state index contributed by atoms with van der Waals surface area (Å²) in [6, 6.07) is 1.42. The highest BCUT2D eigenvalue weighted by Gasteiger charge is 2.07. The van der Waals surface area contributed by atoms with Crippen LogP contribution in [0.15, 0.2) is 12.3 Å². The van der Waals surface area contributed by atoms with E-state index in [9.17, 15) is 4.79 Å². The highest BCUT2D eigenvalue weighted by Crippen LogP contribution is 2.02. The molecule has 1 rings (SSSR count). The fourth-order valence-corrected chi connectivity index (χ4v) is 0.688. The van der Waals surface area contributed by atoms with Crippen LogP contribution in [0.25, 0.3) is 0 Å². The van der Waals surface area contributed by atoms with Gasteiger partial charge in [0.15, 0.2) is 0 Å². The third-order valence-electron chi connectivity index (χ3n) is 1.15. The molecule has 0 atom stereocenters. The Kier molecular flexibility index (Phi) is 1.53. The first kappa shape index (κ1) is 6.54. The number of H-pyrrole nitrogens is 1. The monoisotopic (exact) mass is 138 g/mol. The van der Waals surface area contributed by atoms with E-state index in [-0.39, 0.29) is 5.56 Å². The maximum Gasteiger partial charge on any atom is 0.337 e. The second-order valence-corrected chi connectivity index (χ2v) is 1.75. The summed E-state index contributed by atoms with van der Waals surface area (Å²) in [7, 11) is 0. The number of carboxylic acid groups (broad SMARTS) is 1. The number of nitrogens with one attached hydrogen (secondary N) is 2. The van der Waals surface area contributed by atoms with E-state index in [1.54, 1.807) is 0 Å². The Hall–Kier alpha value is -1.58. The number of hydrogen-bond acceptors (Lipinski definition) is 2. The molecule has 0 radical (unpaired) electrons. The van der Waals surface area contributed by atoms with Crippen molar-refractivity contribution in [1.82, 2.24) is 4.98 Å². The number of aromatic nitrogens is 1. The molecule has 0 saturated carbocycles. The Morgan fingerprint density at radius 1 is 1.80 bits per heavy atom. The van der Waals surface area contributed by atoms with Crippen LogP contribution in [0.5, 0.6) is 0 Å². The van der Waals surface area contributed by atoms with Crippen molar-refractivity contribution >= 4 is 12.2 Å². The largest absolute Gasteiger partial charge is 0.478 e. The van der Waals surface area contributed by atoms with Gasteiger partial charge in [0.1, 0.15) is 0 Å². The van der Waals surface area contributed by atoms with Crippen LogP contribution in [0.1, 0.15) is 16.1 Å². The zero-order valence-electron chi connectivity index (χ0n) is 5.09. The minimum atomic E-state index is -1.01. The number of carboxylic acids is 1. The molecule has 1 aromatic heterocycles. The van der Waals surface area contributed by atoms with Gasteiger partial charge in [-0.05, 0) is 6.07 Å². The maximum atomic E-state index is 10.3. The average Bonchev–Trinajstić information content (AvgIpc) is 2.33. The molecule has 10 heavy (non-hydrogen) atoms. The van der Waals surface area contributed by atoms with Crippen molar-refractivity contribution in [3.8, 4) is 0 Å². The second kappa shape index (κ2) is 2.34. The Labute approximate surface area is 57.0 Å². The molecule has 0 saturated heterocycles. The molecule has 0 aliphatic heterocycles. The smallest absolute Gasteiger partial charge is 0.337 e. The van der Waals surface area contributed by atoms with Gasteiger partial charge in [-0.3, -0.25) is 0 Å². The second-order valence-electron chi connectivity index (χ2n) is 1.75. The molecule has 52 valence electrons. The molecule has 0 aromatic carbocycles. The van der Waals surface area contributed by atoms with E-state index < -0.39 is 5.97 Å². The van der Waals surface area contributed by atoms with Crippen LogP contribution in [0.4, 0.5) is 0 Å². The Morgan fingerprint density at radius 3 is 2.90 bits per heavy atom. The van der Waals surface area contributed by atoms with Crippen molar-refractivity contribution in [3.63, 3.8) is 0 Å². The first-order chi connectivity index (χ1) is 4.75. The average molecular weight is 138 g/mol. The zero-order chi connectivity index (χ0) is 7.56. The van der Waals surface area contributed by atoms with Crippen molar-refractivity contribution in [2.75, 3.05) is 0 Å². The molecule has 4 heteroatoms. The molecule has 0 aliphatic carbocycles. The molecule has 0 amide bonds. The van der Waals surface area contributed by atoms with Gasteiger partial charge < -0.3 is 15.5 Å². The van der Waals surface area contributed by atoms with Gasteiger partial charge in [-0.1, -0.05) is 0 Å². The summed E-state index contributed by atoms with van der Waals surface area (Å²) < 4.78 is 0. The first-order valence-electron chi connectivity index (χ1n) is 2.67. The molecule has 1 aromatic rings. The lowest BCUT2D eigenvalue weighted by Crippen LogP contribution is -1.98. The minimum Gasteiger partial charge on any atom is -0.478 e. The molecule has 0 spiro atoms. The van der Waals surface area contributed by atoms with Crippen LogP contribution < -0.4 is 0 Å². The predicted molar refractivity (Wildman–Crippen MR) is 35.6 cm³/mol. The maximum absolute atomic E-state index is 10.3. The number of aromatic amines is 1. The third kappa shape index (κ3) is 0.907. The molecule has 0 fully saturated rings. The van der Waals surface area contributed by atoms with Crippen molar-refractivity contribution in [1.29, 1.82) is 5.41 Å². The number of aromatic carboxylic acids is 1. The topological polar surface area (TPSA) is 76.9 Å². The predicted octanol–water partition coefficient (Wildman–Crippen LogP) is 0.711. The van der Waals surface area contributed by atoms with E-state index in [1.165, 1.54) is 12.3 Å². The van der Waals surface area contributed by atoms with Gasteiger partial charge in [0.25, 0.3) is 0 Å². The molecular weight excluding hydrogens is 132 g/mol. The molecule has 3 N–H and O–H groups in total. The Balaban J connectivity index is 3.13. The van der Waals surface area contributed by atoms with E-state index in [2.05, 4.69) is 4.98 Å². The Morgan fingerprint density at radius 2 is 2.50 bits per heavy atom. The zero-order valence-corrected chi connectivity index (χ0v) is 5.09. The first-order valence-corrected chi connectivity index (χ1v) is 2.67. The van der Waals surface area contributed by atoms with E-state index in [0.717, 1.165) is 6.21 Å². The lowest BCUT2D eigenvalue weighted by atomic mass is 10.2. The van der Waals surface area contributed by atoms with E-state index in [1.807, 2.05) is 0 Å². The number of hydrogen-bond donors (Lipinski definition) is 3. The molecule has 0 bridgehead atoms. The van der Waals surface area contributed by atoms with Crippen molar-refractivity contribution in [3.05, 3.63) is 23.5 Å². The van der Waals surface area contributed by atoms with Crippen molar-refractivity contribution in [2.24, 2.45) is 0 Å². The van der Waals surface area contributed by atoms with Crippen LogP contribution in [0, 0.1) is 5.41 Å². The minimum absolute atomic E-state index is 0.134. The summed E-state index contributed by atoms with van der Waals surface area (Å²) in [6.07, 6.45) is 2.47. The van der Waals surface area contributed by atoms with Crippen LogP contribution in [0.3, 0.4) is 0 Å². The fraction of sp³-hybridized carbons (Fsp3) is 0. The highest BCUT2D eigenvalue weighted by atomic mass is 16.4.